The number of pyridine rings is 1. The Labute approximate surface area is 74.2 Å². The molecule has 0 saturated heterocycles. The molecular weight excluding hydrogens is 178 g/mol. The molecule has 3 N–H and O–H groups in total. The van der Waals surface area contributed by atoms with E-state index in [-0.39, 0.29) is 18.7 Å². The SMILES string of the molecule is NCc1cc(CO)ncc1C(F)F. The Kier molecular flexibility index (Phi) is 3.27. The van der Waals surface area contributed by atoms with Crippen LogP contribution in [0.1, 0.15) is 23.2 Å². The summed E-state index contributed by atoms with van der Waals surface area (Å²) < 4.78 is 24.6. The lowest BCUT2D eigenvalue weighted by Crippen LogP contribution is -2.04. The van der Waals surface area contributed by atoms with Gasteiger partial charge in [-0.05, 0) is 11.6 Å². The lowest BCUT2D eigenvalue weighted by atomic mass is 10.1. The molecule has 0 spiro atoms. The van der Waals surface area contributed by atoms with Crippen LogP contribution < -0.4 is 5.73 Å². The fourth-order valence-corrected chi connectivity index (χ4v) is 1.02. The van der Waals surface area contributed by atoms with E-state index in [9.17, 15) is 8.78 Å². The Morgan fingerprint density at radius 2 is 2.23 bits per heavy atom. The third-order valence-electron chi connectivity index (χ3n) is 1.70. The fraction of sp³-hybridized carbons (Fsp3) is 0.375. The number of hydrogen-bond donors (Lipinski definition) is 2. The van der Waals surface area contributed by atoms with E-state index < -0.39 is 6.43 Å². The van der Waals surface area contributed by atoms with Crippen molar-refractivity contribution in [2.75, 3.05) is 0 Å². The van der Waals surface area contributed by atoms with Gasteiger partial charge in [-0.3, -0.25) is 4.98 Å². The molecule has 0 atom stereocenters. The van der Waals surface area contributed by atoms with Gasteiger partial charge in [-0.1, -0.05) is 0 Å². The van der Waals surface area contributed by atoms with Gasteiger partial charge in [-0.25, -0.2) is 8.78 Å². The number of nitrogens with zero attached hydrogens (tertiary/aromatic N) is 1. The third-order valence-corrected chi connectivity index (χ3v) is 1.70. The van der Waals surface area contributed by atoms with Gasteiger partial charge in [-0.2, -0.15) is 0 Å². The van der Waals surface area contributed by atoms with Gasteiger partial charge in [0.05, 0.1) is 12.3 Å². The third kappa shape index (κ3) is 2.19. The van der Waals surface area contributed by atoms with Gasteiger partial charge in [0.25, 0.3) is 6.43 Å². The van der Waals surface area contributed by atoms with Gasteiger partial charge in [0.15, 0.2) is 0 Å². The Morgan fingerprint density at radius 1 is 1.54 bits per heavy atom. The smallest absolute Gasteiger partial charge is 0.265 e. The van der Waals surface area contributed by atoms with Crippen LogP contribution in [0.4, 0.5) is 8.78 Å². The van der Waals surface area contributed by atoms with E-state index in [4.69, 9.17) is 10.8 Å². The Bertz CT molecular complexity index is 291. The number of aromatic nitrogens is 1. The molecule has 0 aliphatic carbocycles. The van der Waals surface area contributed by atoms with Crippen molar-refractivity contribution >= 4 is 0 Å². The molecule has 13 heavy (non-hydrogen) atoms. The minimum absolute atomic E-state index is 0.0230. The van der Waals surface area contributed by atoms with Gasteiger partial charge in [0.1, 0.15) is 0 Å². The maximum absolute atomic E-state index is 12.3. The molecule has 1 heterocycles. The first-order chi connectivity index (χ1) is 6.19. The lowest BCUT2D eigenvalue weighted by molar-refractivity contribution is 0.149. The fourth-order valence-electron chi connectivity index (χ4n) is 1.02. The van der Waals surface area contributed by atoms with E-state index in [0.29, 0.717) is 11.3 Å². The molecule has 1 aromatic rings. The summed E-state index contributed by atoms with van der Waals surface area (Å²) >= 11 is 0. The number of rotatable bonds is 3. The average molecular weight is 188 g/mol. The standard InChI is InChI=1S/C8H10F2N2O/c9-8(10)7-3-12-6(4-13)1-5(7)2-11/h1,3,8,13H,2,4,11H2. The highest BCUT2D eigenvalue weighted by Crippen LogP contribution is 2.22. The maximum Gasteiger partial charge on any atom is 0.265 e. The summed E-state index contributed by atoms with van der Waals surface area (Å²) in [6, 6.07) is 1.39. The molecule has 72 valence electrons. The summed E-state index contributed by atoms with van der Waals surface area (Å²) in [5, 5.41) is 8.70. The summed E-state index contributed by atoms with van der Waals surface area (Å²) in [6.45, 7) is -0.244. The van der Waals surface area contributed by atoms with E-state index in [1.54, 1.807) is 0 Å². The molecule has 0 radical (unpaired) electrons. The second kappa shape index (κ2) is 4.25. The molecule has 1 rings (SSSR count). The Hall–Kier alpha value is -1.07. The molecule has 0 unspecified atom stereocenters. The predicted octanol–water partition coefficient (Wildman–Crippen LogP) is 0.970. The van der Waals surface area contributed by atoms with Gasteiger partial charge in [0.2, 0.25) is 0 Å². The number of alkyl halides is 2. The Morgan fingerprint density at radius 3 is 2.69 bits per heavy atom. The van der Waals surface area contributed by atoms with E-state index >= 15 is 0 Å². The number of nitrogens with two attached hydrogens (primary N) is 1. The molecule has 0 amide bonds. The molecular formula is C8H10F2N2O. The van der Waals surface area contributed by atoms with Crippen LogP contribution in [0.3, 0.4) is 0 Å². The molecule has 0 fully saturated rings. The van der Waals surface area contributed by atoms with Crippen molar-refractivity contribution in [2.24, 2.45) is 5.73 Å². The minimum Gasteiger partial charge on any atom is -0.390 e. The normalized spacial score (nSPS) is 10.8. The topological polar surface area (TPSA) is 59.1 Å². The van der Waals surface area contributed by atoms with Crippen LogP contribution in [-0.2, 0) is 13.2 Å². The highest BCUT2D eigenvalue weighted by Gasteiger charge is 2.12. The molecule has 0 aliphatic heterocycles. The summed E-state index contributed by atoms with van der Waals surface area (Å²) in [4.78, 5) is 3.64. The van der Waals surface area contributed by atoms with Crippen LogP contribution in [0.2, 0.25) is 0 Å². The first-order valence-electron chi connectivity index (χ1n) is 3.75. The van der Waals surface area contributed by atoms with Crippen molar-refractivity contribution in [3.63, 3.8) is 0 Å². The zero-order chi connectivity index (χ0) is 9.84. The first kappa shape index (κ1) is 10.0. The predicted molar refractivity (Wildman–Crippen MR) is 43.0 cm³/mol. The van der Waals surface area contributed by atoms with Crippen molar-refractivity contribution in [3.8, 4) is 0 Å². The van der Waals surface area contributed by atoms with Crippen LogP contribution in [-0.4, -0.2) is 10.1 Å². The van der Waals surface area contributed by atoms with E-state index in [2.05, 4.69) is 4.98 Å². The second-order valence-corrected chi connectivity index (χ2v) is 2.54. The quantitative estimate of drug-likeness (QED) is 0.743. The van der Waals surface area contributed by atoms with Crippen LogP contribution in [0.5, 0.6) is 0 Å². The van der Waals surface area contributed by atoms with Gasteiger partial charge < -0.3 is 10.8 Å². The van der Waals surface area contributed by atoms with Crippen LogP contribution in [0.15, 0.2) is 12.3 Å². The maximum atomic E-state index is 12.3. The Balaban J connectivity index is 3.08. The van der Waals surface area contributed by atoms with Gasteiger partial charge in [0, 0.05) is 18.3 Å². The first-order valence-corrected chi connectivity index (χ1v) is 3.75. The number of hydrogen-bond acceptors (Lipinski definition) is 3. The molecule has 0 saturated carbocycles. The molecule has 5 heteroatoms. The van der Waals surface area contributed by atoms with Crippen LogP contribution >= 0.6 is 0 Å². The van der Waals surface area contributed by atoms with Gasteiger partial charge >= 0.3 is 0 Å². The minimum atomic E-state index is -2.57. The van der Waals surface area contributed by atoms with Crippen LogP contribution in [0.25, 0.3) is 0 Å². The van der Waals surface area contributed by atoms with Crippen molar-refractivity contribution in [1.82, 2.24) is 4.98 Å². The monoisotopic (exact) mass is 188 g/mol. The average Bonchev–Trinajstić information content (AvgIpc) is 2.16. The van der Waals surface area contributed by atoms with Gasteiger partial charge in [-0.15, -0.1) is 0 Å². The zero-order valence-corrected chi connectivity index (χ0v) is 6.87. The van der Waals surface area contributed by atoms with E-state index in [1.165, 1.54) is 6.07 Å². The molecule has 0 bridgehead atoms. The van der Waals surface area contributed by atoms with Crippen LogP contribution in [0, 0.1) is 0 Å². The molecule has 0 aromatic carbocycles. The number of aliphatic hydroxyl groups excluding tert-OH is 1. The summed E-state index contributed by atoms with van der Waals surface area (Å²) in [5.41, 5.74) is 5.78. The summed E-state index contributed by atoms with van der Waals surface area (Å²) in [6.07, 6.45) is -1.52. The van der Waals surface area contributed by atoms with Crippen molar-refractivity contribution < 1.29 is 13.9 Å². The zero-order valence-electron chi connectivity index (χ0n) is 6.87. The largest absolute Gasteiger partial charge is 0.390 e. The highest BCUT2D eigenvalue weighted by atomic mass is 19.3. The van der Waals surface area contributed by atoms with E-state index in [0.717, 1.165) is 6.20 Å². The van der Waals surface area contributed by atoms with Crippen molar-refractivity contribution in [3.05, 3.63) is 29.1 Å². The molecule has 3 nitrogen and oxygen atoms in total. The van der Waals surface area contributed by atoms with Crippen molar-refractivity contribution in [1.29, 1.82) is 0 Å². The summed E-state index contributed by atoms with van der Waals surface area (Å²) in [7, 11) is 0. The molecule has 0 aliphatic rings. The second-order valence-electron chi connectivity index (χ2n) is 2.54. The summed E-state index contributed by atoms with van der Waals surface area (Å²) in [5.74, 6) is 0. The number of aliphatic hydroxyl groups is 1. The molecule has 1 aromatic heterocycles. The van der Waals surface area contributed by atoms with E-state index in [1.807, 2.05) is 0 Å². The van der Waals surface area contributed by atoms with Crippen molar-refractivity contribution in [2.45, 2.75) is 19.6 Å². The highest BCUT2D eigenvalue weighted by molar-refractivity contribution is 5.27. The lowest BCUT2D eigenvalue weighted by Gasteiger charge is -2.07. The number of halogens is 2.